The van der Waals surface area contributed by atoms with Crippen LogP contribution in [0.2, 0.25) is 0 Å². The minimum Gasteiger partial charge on any atom is -0.395 e. The van der Waals surface area contributed by atoms with E-state index in [9.17, 15) is 9.59 Å². The van der Waals surface area contributed by atoms with Gasteiger partial charge < -0.3 is 21.1 Å². The van der Waals surface area contributed by atoms with Crippen LogP contribution in [0.25, 0.3) is 0 Å². The molecule has 0 saturated carbocycles. The van der Waals surface area contributed by atoms with Crippen molar-refractivity contribution in [2.75, 3.05) is 26.2 Å². The summed E-state index contributed by atoms with van der Waals surface area (Å²) in [6, 6.07) is -0.602. The van der Waals surface area contributed by atoms with Crippen molar-refractivity contribution in [3.05, 3.63) is 0 Å². The number of nitrogens with two attached hydrogens (primary N) is 1. The molecule has 0 fully saturated rings. The van der Waals surface area contributed by atoms with Gasteiger partial charge in [0.15, 0.2) is 0 Å². The van der Waals surface area contributed by atoms with Crippen molar-refractivity contribution in [2.24, 2.45) is 11.7 Å². The summed E-state index contributed by atoms with van der Waals surface area (Å²) >= 11 is 0. The molecule has 0 saturated heterocycles. The maximum absolute atomic E-state index is 11.9. The molecular weight excluding hydrogens is 246 g/mol. The minimum absolute atomic E-state index is 0.0312. The Labute approximate surface area is 115 Å². The Morgan fingerprint density at radius 1 is 1.32 bits per heavy atom. The molecule has 0 aromatic carbocycles. The SMILES string of the molecule is CCCCN(CCO)C(=O)CNC(=O)[C@@H](N)C(C)C. The van der Waals surface area contributed by atoms with Crippen LogP contribution < -0.4 is 11.1 Å². The second-order valence-electron chi connectivity index (χ2n) is 4.95. The van der Waals surface area contributed by atoms with Gasteiger partial charge in [0.05, 0.1) is 19.2 Å². The molecule has 0 unspecified atom stereocenters. The largest absolute Gasteiger partial charge is 0.395 e. The van der Waals surface area contributed by atoms with Crippen LogP contribution in [0.3, 0.4) is 0 Å². The summed E-state index contributed by atoms with van der Waals surface area (Å²) < 4.78 is 0. The van der Waals surface area contributed by atoms with E-state index in [1.165, 1.54) is 0 Å². The number of aliphatic hydroxyl groups excluding tert-OH is 1. The van der Waals surface area contributed by atoms with Crippen LogP contribution in [0.5, 0.6) is 0 Å². The molecule has 0 heterocycles. The molecule has 0 rings (SSSR count). The third-order valence-electron chi connectivity index (χ3n) is 2.94. The van der Waals surface area contributed by atoms with E-state index in [1.807, 2.05) is 20.8 Å². The first kappa shape index (κ1) is 17.9. The predicted molar refractivity (Wildman–Crippen MR) is 74.4 cm³/mol. The zero-order chi connectivity index (χ0) is 14.8. The first-order valence-corrected chi connectivity index (χ1v) is 6.85. The summed E-state index contributed by atoms with van der Waals surface area (Å²) in [5.41, 5.74) is 5.68. The number of hydrogen-bond acceptors (Lipinski definition) is 4. The van der Waals surface area contributed by atoms with Gasteiger partial charge in [-0.1, -0.05) is 27.2 Å². The van der Waals surface area contributed by atoms with Gasteiger partial charge in [-0.2, -0.15) is 0 Å². The van der Waals surface area contributed by atoms with E-state index in [1.54, 1.807) is 4.90 Å². The summed E-state index contributed by atoms with van der Waals surface area (Å²) in [5, 5.41) is 11.5. The van der Waals surface area contributed by atoms with Crippen LogP contribution in [-0.4, -0.2) is 54.1 Å². The Kier molecular flexibility index (Phi) is 9.16. The second kappa shape index (κ2) is 9.75. The molecular formula is C13H27N3O3. The number of amides is 2. The highest BCUT2D eigenvalue weighted by molar-refractivity contribution is 5.87. The maximum Gasteiger partial charge on any atom is 0.242 e. The van der Waals surface area contributed by atoms with Gasteiger partial charge in [0.2, 0.25) is 11.8 Å². The highest BCUT2D eigenvalue weighted by Gasteiger charge is 2.19. The third-order valence-corrected chi connectivity index (χ3v) is 2.94. The average molecular weight is 273 g/mol. The highest BCUT2D eigenvalue weighted by Crippen LogP contribution is 1.98. The van der Waals surface area contributed by atoms with Gasteiger partial charge in [0.25, 0.3) is 0 Å². The highest BCUT2D eigenvalue weighted by atomic mass is 16.3. The van der Waals surface area contributed by atoms with E-state index in [-0.39, 0.29) is 30.9 Å². The molecule has 0 aromatic heterocycles. The van der Waals surface area contributed by atoms with Crippen LogP contribution in [0.1, 0.15) is 33.6 Å². The standard InChI is InChI=1S/C13H27N3O3/c1-4-5-6-16(7-8-17)11(18)9-15-13(19)12(14)10(2)3/h10,12,17H,4-9,14H2,1-3H3,(H,15,19)/t12-/m0/s1. The number of aliphatic hydroxyl groups is 1. The molecule has 0 aliphatic carbocycles. The summed E-state index contributed by atoms with van der Waals surface area (Å²) in [6.07, 6.45) is 1.85. The molecule has 0 radical (unpaired) electrons. The fourth-order valence-corrected chi connectivity index (χ4v) is 1.53. The lowest BCUT2D eigenvalue weighted by Crippen LogP contribution is -2.48. The molecule has 1 atom stereocenters. The number of nitrogens with zero attached hydrogens (tertiary/aromatic N) is 1. The smallest absolute Gasteiger partial charge is 0.242 e. The fourth-order valence-electron chi connectivity index (χ4n) is 1.53. The summed E-state index contributed by atoms with van der Waals surface area (Å²) in [5.74, 6) is -0.474. The van der Waals surface area contributed by atoms with Gasteiger partial charge in [0, 0.05) is 13.1 Å². The van der Waals surface area contributed by atoms with Crippen LogP contribution in [0.4, 0.5) is 0 Å². The van der Waals surface area contributed by atoms with Gasteiger partial charge in [-0.15, -0.1) is 0 Å². The molecule has 4 N–H and O–H groups in total. The van der Waals surface area contributed by atoms with Crippen LogP contribution >= 0.6 is 0 Å². The Morgan fingerprint density at radius 2 is 1.95 bits per heavy atom. The topological polar surface area (TPSA) is 95.7 Å². The summed E-state index contributed by atoms with van der Waals surface area (Å²) in [6.45, 7) is 6.49. The molecule has 0 spiro atoms. The lowest BCUT2D eigenvalue weighted by molar-refractivity contribution is -0.133. The van der Waals surface area contributed by atoms with E-state index < -0.39 is 6.04 Å². The Balaban J connectivity index is 4.21. The lowest BCUT2D eigenvalue weighted by Gasteiger charge is -2.22. The van der Waals surface area contributed by atoms with Crippen LogP contribution in [0.15, 0.2) is 0 Å². The van der Waals surface area contributed by atoms with E-state index in [0.29, 0.717) is 13.1 Å². The van der Waals surface area contributed by atoms with Crippen molar-refractivity contribution in [1.82, 2.24) is 10.2 Å². The molecule has 2 amide bonds. The lowest BCUT2D eigenvalue weighted by atomic mass is 10.1. The number of carbonyl (C=O) groups excluding carboxylic acids is 2. The molecule has 112 valence electrons. The number of carbonyl (C=O) groups is 2. The number of unbranched alkanes of at least 4 members (excludes halogenated alkanes) is 1. The summed E-state index contributed by atoms with van der Waals surface area (Å²) in [4.78, 5) is 25.1. The van der Waals surface area contributed by atoms with Crippen molar-refractivity contribution in [2.45, 2.75) is 39.7 Å². The van der Waals surface area contributed by atoms with E-state index in [2.05, 4.69) is 5.32 Å². The minimum atomic E-state index is -0.602. The number of hydrogen-bond donors (Lipinski definition) is 3. The Bertz CT molecular complexity index is 282. The van der Waals surface area contributed by atoms with Crippen molar-refractivity contribution in [1.29, 1.82) is 0 Å². The molecule has 0 aliphatic heterocycles. The van der Waals surface area contributed by atoms with Crippen molar-refractivity contribution in [3.63, 3.8) is 0 Å². The van der Waals surface area contributed by atoms with Crippen molar-refractivity contribution >= 4 is 11.8 Å². The van der Waals surface area contributed by atoms with E-state index in [0.717, 1.165) is 12.8 Å². The van der Waals surface area contributed by atoms with Gasteiger partial charge in [-0.3, -0.25) is 9.59 Å². The molecule has 6 nitrogen and oxygen atoms in total. The Hall–Kier alpha value is -1.14. The number of nitrogens with one attached hydrogen (secondary N) is 1. The van der Waals surface area contributed by atoms with Crippen molar-refractivity contribution < 1.29 is 14.7 Å². The predicted octanol–water partition coefficient (Wildman–Crippen LogP) is -0.293. The number of rotatable bonds is 9. The second-order valence-corrected chi connectivity index (χ2v) is 4.95. The zero-order valence-electron chi connectivity index (χ0n) is 12.2. The summed E-state index contributed by atoms with van der Waals surface area (Å²) in [7, 11) is 0. The fraction of sp³-hybridized carbons (Fsp3) is 0.846. The monoisotopic (exact) mass is 273 g/mol. The molecule has 0 aliphatic rings. The van der Waals surface area contributed by atoms with E-state index >= 15 is 0 Å². The normalized spacial score (nSPS) is 12.3. The van der Waals surface area contributed by atoms with Gasteiger partial charge in [-0.05, 0) is 12.3 Å². The van der Waals surface area contributed by atoms with Crippen molar-refractivity contribution in [3.8, 4) is 0 Å². The molecule has 0 aromatic rings. The maximum atomic E-state index is 11.9. The van der Waals surface area contributed by atoms with Gasteiger partial charge in [0.1, 0.15) is 0 Å². The van der Waals surface area contributed by atoms with E-state index in [4.69, 9.17) is 10.8 Å². The first-order valence-electron chi connectivity index (χ1n) is 6.85. The van der Waals surface area contributed by atoms with Crippen LogP contribution in [0, 0.1) is 5.92 Å². The third kappa shape index (κ3) is 7.12. The first-order chi connectivity index (χ1) is 8.93. The van der Waals surface area contributed by atoms with Crippen LogP contribution in [-0.2, 0) is 9.59 Å². The van der Waals surface area contributed by atoms with Gasteiger partial charge >= 0.3 is 0 Å². The molecule has 0 bridgehead atoms. The Morgan fingerprint density at radius 3 is 2.42 bits per heavy atom. The zero-order valence-corrected chi connectivity index (χ0v) is 12.2. The molecule has 19 heavy (non-hydrogen) atoms. The average Bonchev–Trinajstić information content (AvgIpc) is 2.39. The quantitative estimate of drug-likeness (QED) is 0.538. The van der Waals surface area contributed by atoms with Gasteiger partial charge in [-0.25, -0.2) is 0 Å². The molecule has 6 heteroatoms.